The van der Waals surface area contributed by atoms with E-state index in [1.54, 1.807) is 0 Å². The maximum atomic E-state index is 16.1. The molecule has 2 atom stereocenters. The predicted molar refractivity (Wildman–Crippen MR) is 177 cm³/mol. The molecule has 256 valence electrons. The molecule has 1 saturated heterocycles. The Morgan fingerprint density at radius 3 is 1.96 bits per heavy atom. The molecule has 0 spiro atoms. The molecule has 0 bridgehead atoms. The minimum Gasteiger partial charge on any atom is -0.388 e. The van der Waals surface area contributed by atoms with E-state index in [0.717, 1.165) is 84.3 Å². The lowest BCUT2D eigenvalue weighted by atomic mass is 9.84. The van der Waals surface area contributed by atoms with Crippen molar-refractivity contribution in [2.45, 2.75) is 44.4 Å². The van der Waals surface area contributed by atoms with Crippen LogP contribution in [0.3, 0.4) is 0 Å². The Morgan fingerprint density at radius 1 is 0.816 bits per heavy atom. The molecule has 5 aromatic rings. The van der Waals surface area contributed by atoms with Crippen LogP contribution in [-0.2, 0) is 18.1 Å². The number of aromatic nitrogens is 5. The van der Waals surface area contributed by atoms with E-state index < -0.39 is 47.1 Å². The summed E-state index contributed by atoms with van der Waals surface area (Å²) < 4.78 is 61.5. The number of halogens is 4. The van der Waals surface area contributed by atoms with Crippen LogP contribution in [0.15, 0.2) is 91.4 Å². The zero-order valence-electron chi connectivity index (χ0n) is 27.1. The zero-order valence-corrected chi connectivity index (χ0v) is 27.1. The monoisotopic (exact) mass is 675 g/mol. The van der Waals surface area contributed by atoms with Crippen LogP contribution in [0, 0.1) is 17.6 Å². The number of nitrogens with zero attached hydrogens (tertiary/aromatic N) is 7. The Morgan fingerprint density at radius 2 is 1.43 bits per heavy atom. The molecule has 6 rings (SSSR count). The molecule has 0 radical (unpaired) electrons. The van der Waals surface area contributed by atoms with Crippen LogP contribution < -0.4 is 9.80 Å². The summed E-state index contributed by atoms with van der Waals surface area (Å²) in [7, 11) is 0. The lowest BCUT2D eigenvalue weighted by Crippen LogP contribution is -2.48. The average Bonchev–Trinajstić information content (AvgIpc) is 3.61. The SMILES string of the molecule is CC(C)CC(O)c1ccc(N2CCN(c3ccc(-c4ccc(C(F)(F)C(O)(Cn5cnnn5)c5ccc(F)cc5F)nc4)cc3)CC2)cc1. The van der Waals surface area contributed by atoms with Crippen LogP contribution in [0.1, 0.15) is 43.2 Å². The van der Waals surface area contributed by atoms with Crippen LogP contribution in [-0.4, -0.2) is 61.6 Å². The molecular formula is C36H37F4N7O2. The van der Waals surface area contributed by atoms with Gasteiger partial charge in [0, 0.05) is 60.9 Å². The first kappa shape index (κ1) is 34.0. The van der Waals surface area contributed by atoms with E-state index in [0.29, 0.717) is 17.5 Å². The Hall–Kier alpha value is -4.88. The molecule has 2 unspecified atom stereocenters. The van der Waals surface area contributed by atoms with Crippen molar-refractivity contribution in [3.05, 3.63) is 120 Å². The van der Waals surface area contributed by atoms with Gasteiger partial charge in [0.05, 0.1) is 12.6 Å². The van der Waals surface area contributed by atoms with Gasteiger partial charge in [-0.25, -0.2) is 13.5 Å². The summed E-state index contributed by atoms with van der Waals surface area (Å²) in [6.45, 7) is 6.54. The highest BCUT2D eigenvalue weighted by atomic mass is 19.3. The molecule has 2 aromatic heterocycles. The highest BCUT2D eigenvalue weighted by molar-refractivity contribution is 5.66. The van der Waals surface area contributed by atoms with Gasteiger partial charge in [0.15, 0.2) is 5.60 Å². The highest BCUT2D eigenvalue weighted by Crippen LogP contribution is 2.47. The molecule has 2 N–H and O–H groups in total. The fourth-order valence-corrected chi connectivity index (χ4v) is 6.21. The molecule has 49 heavy (non-hydrogen) atoms. The van der Waals surface area contributed by atoms with Crippen LogP contribution in [0.25, 0.3) is 11.1 Å². The summed E-state index contributed by atoms with van der Waals surface area (Å²) in [5.41, 5.74) is -0.461. The first-order valence-electron chi connectivity index (χ1n) is 16.1. The second kappa shape index (κ2) is 13.9. The summed E-state index contributed by atoms with van der Waals surface area (Å²) in [5.74, 6) is -6.05. The lowest BCUT2D eigenvalue weighted by molar-refractivity contribution is -0.207. The second-order valence-corrected chi connectivity index (χ2v) is 12.8. The summed E-state index contributed by atoms with van der Waals surface area (Å²) >= 11 is 0. The Balaban J connectivity index is 1.13. The number of pyridine rings is 1. The van der Waals surface area contributed by atoms with E-state index in [1.165, 1.54) is 12.3 Å². The molecule has 13 heteroatoms. The van der Waals surface area contributed by atoms with Gasteiger partial charge in [-0.1, -0.05) is 44.2 Å². The van der Waals surface area contributed by atoms with E-state index in [4.69, 9.17) is 0 Å². The lowest BCUT2D eigenvalue weighted by Gasteiger charge is -2.37. The van der Waals surface area contributed by atoms with Gasteiger partial charge in [-0.2, -0.15) is 8.78 Å². The number of benzene rings is 3. The maximum Gasteiger partial charge on any atom is 0.323 e. The largest absolute Gasteiger partial charge is 0.388 e. The molecule has 9 nitrogen and oxygen atoms in total. The fourth-order valence-electron chi connectivity index (χ4n) is 6.21. The number of anilines is 2. The number of hydrogen-bond donors (Lipinski definition) is 2. The molecular weight excluding hydrogens is 638 g/mol. The van der Waals surface area contributed by atoms with Crippen molar-refractivity contribution in [3.8, 4) is 11.1 Å². The van der Waals surface area contributed by atoms with Gasteiger partial charge < -0.3 is 20.0 Å². The molecule has 3 aromatic carbocycles. The third-order valence-corrected chi connectivity index (χ3v) is 8.95. The quantitative estimate of drug-likeness (QED) is 0.162. The van der Waals surface area contributed by atoms with E-state index in [1.807, 2.05) is 36.4 Å². The summed E-state index contributed by atoms with van der Waals surface area (Å²) in [6.07, 6.45) is 2.53. The Bertz CT molecular complexity index is 1830. The van der Waals surface area contributed by atoms with Crippen LogP contribution in [0.5, 0.6) is 0 Å². The minimum absolute atomic E-state index is 0.415. The molecule has 3 heterocycles. The Kier molecular flexibility index (Phi) is 9.66. The van der Waals surface area contributed by atoms with E-state index in [2.05, 4.69) is 56.3 Å². The fraction of sp³-hybridized carbons (Fsp3) is 0.333. The van der Waals surface area contributed by atoms with E-state index in [-0.39, 0.29) is 0 Å². The smallest absolute Gasteiger partial charge is 0.323 e. The molecule has 1 aliphatic heterocycles. The number of hydrogen-bond acceptors (Lipinski definition) is 8. The summed E-state index contributed by atoms with van der Waals surface area (Å²) in [6, 6.07) is 20.4. The van der Waals surface area contributed by atoms with Crippen molar-refractivity contribution in [3.63, 3.8) is 0 Å². The third-order valence-electron chi connectivity index (χ3n) is 8.95. The van der Waals surface area contributed by atoms with Gasteiger partial charge in [-0.15, -0.1) is 5.10 Å². The molecule has 0 saturated carbocycles. The maximum absolute atomic E-state index is 16.1. The Labute approximate surface area is 281 Å². The number of tetrazole rings is 1. The van der Waals surface area contributed by atoms with Crippen molar-refractivity contribution in [1.29, 1.82) is 0 Å². The van der Waals surface area contributed by atoms with Crippen molar-refractivity contribution in [2.75, 3.05) is 36.0 Å². The van der Waals surface area contributed by atoms with Gasteiger partial charge in [-0.05, 0) is 76.4 Å². The zero-order chi connectivity index (χ0) is 34.8. The van der Waals surface area contributed by atoms with Crippen molar-refractivity contribution in [2.24, 2.45) is 5.92 Å². The molecule has 1 aliphatic rings. The number of rotatable bonds is 11. The summed E-state index contributed by atoms with van der Waals surface area (Å²) in [4.78, 5) is 8.58. The van der Waals surface area contributed by atoms with Crippen molar-refractivity contribution in [1.82, 2.24) is 25.2 Å². The second-order valence-electron chi connectivity index (χ2n) is 12.8. The third kappa shape index (κ3) is 7.13. The average molecular weight is 676 g/mol. The standard InChI is InChI=1S/C36H37F4N7O2/c1-24(2)19-33(48)26-5-11-30(12-6-26)46-17-15-45(16-18-46)29-9-3-25(4-10-29)27-7-14-34(41-21-27)36(39,40)35(49,22-47-23-42-43-44-47)31-13-8-28(37)20-32(31)38/h3-14,20-21,23-24,33,48-49H,15-19,22H2,1-2H3. The van der Waals surface area contributed by atoms with Crippen molar-refractivity contribution >= 4 is 11.4 Å². The normalized spacial score (nSPS) is 15.8. The van der Waals surface area contributed by atoms with Gasteiger partial charge >= 0.3 is 5.92 Å². The number of aliphatic hydroxyl groups is 2. The first-order chi connectivity index (χ1) is 23.4. The minimum atomic E-state index is -4.14. The number of piperazine rings is 1. The first-order valence-corrected chi connectivity index (χ1v) is 16.1. The van der Waals surface area contributed by atoms with Gasteiger partial charge in [-0.3, -0.25) is 4.98 Å². The van der Waals surface area contributed by atoms with E-state index in [9.17, 15) is 19.0 Å². The number of aliphatic hydroxyl groups excluding tert-OH is 1. The van der Waals surface area contributed by atoms with Gasteiger partial charge in [0.1, 0.15) is 23.7 Å². The van der Waals surface area contributed by atoms with Crippen LogP contribution in [0.4, 0.5) is 28.9 Å². The topological polar surface area (TPSA) is 103 Å². The van der Waals surface area contributed by atoms with Crippen LogP contribution >= 0.6 is 0 Å². The predicted octanol–water partition coefficient (Wildman–Crippen LogP) is 6.10. The molecule has 0 aliphatic carbocycles. The van der Waals surface area contributed by atoms with Gasteiger partial charge in [0.2, 0.25) is 0 Å². The van der Waals surface area contributed by atoms with Gasteiger partial charge in [0.25, 0.3) is 0 Å². The molecule has 0 amide bonds. The van der Waals surface area contributed by atoms with E-state index >= 15 is 8.78 Å². The van der Waals surface area contributed by atoms with Crippen molar-refractivity contribution < 1.29 is 27.8 Å². The highest BCUT2D eigenvalue weighted by Gasteiger charge is 2.58. The number of alkyl halides is 2. The van der Waals surface area contributed by atoms with Crippen LogP contribution in [0.2, 0.25) is 0 Å². The molecule has 1 fully saturated rings. The summed E-state index contributed by atoms with van der Waals surface area (Å²) in [5, 5.41) is 32.2.